The minimum absolute atomic E-state index is 0. The first kappa shape index (κ1) is 19.5. The number of carboxylic acid groups (broad SMARTS) is 1. The average molecular weight is 276 g/mol. The molecule has 0 amide bonds. The number of halogens is 1. The van der Waals surface area contributed by atoms with Crippen molar-refractivity contribution in [2.24, 2.45) is 5.92 Å². The molecule has 0 saturated carbocycles. The fraction of sp³-hybridized carbons (Fsp3) is 0.250. The molecule has 6 heteroatoms. The van der Waals surface area contributed by atoms with Crippen LogP contribution in [-0.4, -0.2) is 16.9 Å². The van der Waals surface area contributed by atoms with E-state index in [1.165, 1.54) is 6.92 Å². The number of hydrogen-bond donors (Lipinski definition) is 1. The Kier molecular flexibility index (Phi) is 10.9. The summed E-state index contributed by atoms with van der Waals surface area (Å²) in [7, 11) is 0. The van der Waals surface area contributed by atoms with Crippen molar-refractivity contribution in [2.75, 3.05) is 0 Å². The standard InChI is InChI=1S/C11H11ClO3.CN.Na/c1-7(11(14)15)5-10(13)8-3-2-4-9(12)6-8;1-2;/h2-4,6-7H,5H2,1H3,(H,14,15);;/q;-1;+1. The van der Waals surface area contributed by atoms with Crippen molar-refractivity contribution in [3.63, 3.8) is 0 Å². The number of nitrogens with zero attached hydrogens (tertiary/aromatic N) is 1. The third kappa shape index (κ3) is 6.77. The van der Waals surface area contributed by atoms with Crippen LogP contribution in [0.3, 0.4) is 0 Å². The topological polar surface area (TPSA) is 78.2 Å². The van der Waals surface area contributed by atoms with Gasteiger partial charge in [0.2, 0.25) is 0 Å². The Balaban J connectivity index is 0. The van der Waals surface area contributed by atoms with Crippen molar-refractivity contribution in [1.82, 2.24) is 0 Å². The van der Waals surface area contributed by atoms with Crippen LogP contribution in [0.15, 0.2) is 24.3 Å². The third-order valence-electron chi connectivity index (χ3n) is 2.06. The van der Waals surface area contributed by atoms with E-state index in [1.54, 1.807) is 24.3 Å². The summed E-state index contributed by atoms with van der Waals surface area (Å²) in [5.41, 5.74) is 0.454. The van der Waals surface area contributed by atoms with Gasteiger partial charge in [0.25, 0.3) is 0 Å². The van der Waals surface area contributed by atoms with Crippen LogP contribution in [0.4, 0.5) is 0 Å². The van der Waals surface area contributed by atoms with E-state index in [4.69, 9.17) is 28.5 Å². The van der Waals surface area contributed by atoms with Crippen LogP contribution in [-0.2, 0) is 4.79 Å². The zero-order valence-electron chi connectivity index (χ0n) is 10.2. The fourth-order valence-electron chi connectivity index (χ4n) is 1.15. The molecule has 1 unspecified atom stereocenters. The molecule has 90 valence electrons. The molecule has 18 heavy (non-hydrogen) atoms. The van der Waals surface area contributed by atoms with Crippen molar-refractivity contribution in [3.05, 3.63) is 41.4 Å². The summed E-state index contributed by atoms with van der Waals surface area (Å²) in [6.45, 7) is 6.25. The Morgan fingerprint density at radius 2 is 2.00 bits per heavy atom. The predicted octanol–water partition coefficient (Wildman–Crippen LogP) is -0.266. The molecule has 0 bridgehead atoms. The molecular formula is C12H11ClNNaO3. The average Bonchev–Trinajstić information content (AvgIpc) is 2.31. The molecule has 4 nitrogen and oxygen atoms in total. The maximum atomic E-state index is 11.6. The van der Waals surface area contributed by atoms with Gasteiger partial charge in [0, 0.05) is 17.0 Å². The minimum atomic E-state index is -0.967. The summed E-state index contributed by atoms with van der Waals surface area (Å²) in [5.74, 6) is -1.84. The number of benzene rings is 1. The van der Waals surface area contributed by atoms with Gasteiger partial charge in [0.1, 0.15) is 0 Å². The van der Waals surface area contributed by atoms with Crippen molar-refractivity contribution in [2.45, 2.75) is 13.3 Å². The Hall–Kier alpha value is -0.860. The maximum Gasteiger partial charge on any atom is 1.00 e. The number of Topliss-reactive ketones (excluding diaryl/α,β-unsaturated/α-hetero) is 1. The first-order chi connectivity index (χ1) is 8.00. The van der Waals surface area contributed by atoms with Gasteiger partial charge >= 0.3 is 35.5 Å². The molecule has 0 aromatic heterocycles. The SMILES string of the molecule is CC(CC(=O)c1cccc(Cl)c1)C(=O)O.[C-]#N.[Na+]. The van der Waals surface area contributed by atoms with Crippen LogP contribution in [0.5, 0.6) is 0 Å². The van der Waals surface area contributed by atoms with Crippen LogP contribution < -0.4 is 29.6 Å². The van der Waals surface area contributed by atoms with Crippen LogP contribution in [0.1, 0.15) is 23.7 Å². The number of aliphatic carboxylic acids is 1. The van der Waals surface area contributed by atoms with Gasteiger partial charge in [-0.05, 0) is 12.1 Å². The molecule has 1 atom stereocenters. The molecule has 0 aliphatic carbocycles. The second kappa shape index (κ2) is 10.1. The van der Waals surface area contributed by atoms with Crippen LogP contribution >= 0.6 is 11.6 Å². The monoisotopic (exact) mass is 275 g/mol. The number of rotatable bonds is 4. The normalized spacial score (nSPS) is 10.2. The number of hydrogen-bond acceptors (Lipinski definition) is 3. The van der Waals surface area contributed by atoms with E-state index in [2.05, 4.69) is 0 Å². The van der Waals surface area contributed by atoms with Crippen LogP contribution in [0.2, 0.25) is 5.02 Å². The Morgan fingerprint density at radius 3 is 2.44 bits per heavy atom. The van der Waals surface area contributed by atoms with Crippen LogP contribution in [0, 0.1) is 17.8 Å². The Labute approximate surface area is 133 Å². The van der Waals surface area contributed by atoms with E-state index < -0.39 is 11.9 Å². The van der Waals surface area contributed by atoms with Gasteiger partial charge < -0.3 is 16.9 Å². The van der Waals surface area contributed by atoms with E-state index in [0.717, 1.165) is 0 Å². The molecule has 1 rings (SSSR count). The van der Waals surface area contributed by atoms with E-state index in [1.807, 2.05) is 0 Å². The van der Waals surface area contributed by atoms with Crippen molar-refractivity contribution in [3.8, 4) is 0 Å². The number of carboxylic acids is 1. The third-order valence-corrected chi connectivity index (χ3v) is 2.29. The predicted molar refractivity (Wildman–Crippen MR) is 62.2 cm³/mol. The van der Waals surface area contributed by atoms with Gasteiger partial charge in [-0.3, -0.25) is 9.59 Å². The second-order valence-corrected chi connectivity index (χ2v) is 3.81. The first-order valence-electron chi connectivity index (χ1n) is 4.74. The van der Waals surface area contributed by atoms with E-state index >= 15 is 0 Å². The van der Waals surface area contributed by atoms with E-state index in [-0.39, 0.29) is 41.8 Å². The van der Waals surface area contributed by atoms with Crippen molar-refractivity contribution >= 4 is 23.4 Å². The summed E-state index contributed by atoms with van der Waals surface area (Å²) >= 11 is 5.72. The summed E-state index contributed by atoms with van der Waals surface area (Å²) in [6.07, 6.45) is -0.00429. The van der Waals surface area contributed by atoms with Crippen LogP contribution in [0.25, 0.3) is 0 Å². The summed E-state index contributed by atoms with van der Waals surface area (Å²) < 4.78 is 0. The molecular weight excluding hydrogens is 265 g/mol. The van der Waals surface area contributed by atoms with Gasteiger partial charge in [-0.15, -0.1) is 0 Å². The quantitative estimate of drug-likeness (QED) is 0.466. The zero-order chi connectivity index (χ0) is 13.4. The van der Waals surface area contributed by atoms with Crippen molar-refractivity contribution in [1.29, 1.82) is 5.26 Å². The minimum Gasteiger partial charge on any atom is -0.512 e. The molecule has 1 aromatic rings. The van der Waals surface area contributed by atoms with Crippen molar-refractivity contribution < 1.29 is 44.3 Å². The largest absolute Gasteiger partial charge is 1.00 e. The molecule has 1 N–H and O–H groups in total. The first-order valence-corrected chi connectivity index (χ1v) is 5.12. The summed E-state index contributed by atoms with van der Waals surface area (Å²) in [5, 5.41) is 15.4. The van der Waals surface area contributed by atoms with Gasteiger partial charge in [0.05, 0.1) is 5.92 Å². The Morgan fingerprint density at radius 1 is 1.44 bits per heavy atom. The Bertz CT molecular complexity index is 434. The van der Waals surface area contributed by atoms with Gasteiger partial charge in [-0.1, -0.05) is 30.7 Å². The molecule has 0 radical (unpaired) electrons. The van der Waals surface area contributed by atoms with E-state index in [0.29, 0.717) is 10.6 Å². The van der Waals surface area contributed by atoms with Gasteiger partial charge in [0.15, 0.2) is 5.78 Å². The van der Waals surface area contributed by atoms with Gasteiger partial charge in [-0.2, -0.15) is 0 Å². The molecule has 0 aliphatic heterocycles. The smallest absolute Gasteiger partial charge is 0.512 e. The molecule has 0 aliphatic rings. The number of carbonyl (C=O) groups is 2. The molecule has 0 saturated heterocycles. The molecule has 1 aromatic carbocycles. The molecule has 0 fully saturated rings. The maximum absolute atomic E-state index is 11.6. The summed E-state index contributed by atoms with van der Waals surface area (Å²) in [6, 6.07) is 6.50. The van der Waals surface area contributed by atoms with E-state index in [9.17, 15) is 9.59 Å². The number of ketones is 1. The second-order valence-electron chi connectivity index (χ2n) is 3.38. The zero-order valence-corrected chi connectivity index (χ0v) is 12.9. The molecule has 0 spiro atoms. The van der Waals surface area contributed by atoms with Gasteiger partial charge in [-0.25, -0.2) is 0 Å². The number of carbonyl (C=O) groups excluding carboxylic acids is 1. The summed E-state index contributed by atoms with van der Waals surface area (Å²) in [4.78, 5) is 22.1. The molecule has 0 heterocycles. The fourth-order valence-corrected chi connectivity index (χ4v) is 1.34.